The largest absolute Gasteiger partial charge is 0.250 e. The highest BCUT2D eigenvalue weighted by Crippen LogP contribution is 2.27. The number of aromatic amines is 1. The van der Waals surface area contributed by atoms with Gasteiger partial charge in [-0.1, -0.05) is 72.8 Å². The highest BCUT2D eigenvalue weighted by molar-refractivity contribution is 7.71. The van der Waals surface area contributed by atoms with Gasteiger partial charge in [-0.05, 0) is 52.3 Å². The summed E-state index contributed by atoms with van der Waals surface area (Å²) in [7, 11) is 0. The Kier molecular flexibility index (Phi) is 4.30. The summed E-state index contributed by atoms with van der Waals surface area (Å²) in [5, 5.41) is 16.7. The Hall–Kier alpha value is -3.57. The van der Waals surface area contributed by atoms with Gasteiger partial charge in [0.1, 0.15) is 0 Å². The molecule has 4 aromatic carbocycles. The molecule has 0 aliphatic carbocycles. The van der Waals surface area contributed by atoms with Crippen LogP contribution in [0.1, 0.15) is 11.1 Å². The van der Waals surface area contributed by atoms with Gasteiger partial charge in [-0.3, -0.25) is 0 Å². The van der Waals surface area contributed by atoms with E-state index in [0.29, 0.717) is 10.6 Å². The van der Waals surface area contributed by atoms with Gasteiger partial charge in [0, 0.05) is 11.1 Å². The van der Waals surface area contributed by atoms with Gasteiger partial charge in [-0.2, -0.15) is 14.9 Å². The van der Waals surface area contributed by atoms with Crippen LogP contribution in [0.5, 0.6) is 0 Å². The van der Waals surface area contributed by atoms with Crippen LogP contribution in [-0.4, -0.2) is 21.1 Å². The normalized spacial score (nSPS) is 11.6. The van der Waals surface area contributed by atoms with Crippen LogP contribution in [0.15, 0.2) is 84.0 Å². The fourth-order valence-electron chi connectivity index (χ4n) is 3.70. The maximum atomic E-state index is 5.45. The molecule has 1 heterocycles. The van der Waals surface area contributed by atoms with E-state index in [-0.39, 0.29) is 0 Å². The summed E-state index contributed by atoms with van der Waals surface area (Å²) in [5.74, 6) is 0.703. The molecule has 0 fully saturated rings. The Balaban J connectivity index is 1.73. The van der Waals surface area contributed by atoms with E-state index in [1.165, 1.54) is 10.8 Å². The third-order valence-corrected chi connectivity index (χ3v) is 5.42. The molecule has 0 saturated heterocycles. The summed E-state index contributed by atoms with van der Waals surface area (Å²) >= 11 is 5.45. The maximum Gasteiger partial charge on any atom is 0.216 e. The van der Waals surface area contributed by atoms with Crippen molar-refractivity contribution in [3.05, 3.63) is 94.8 Å². The second-order valence-corrected chi connectivity index (χ2v) is 7.34. The number of aryl methyl sites for hydroxylation is 1. The number of H-pyrrole nitrogens is 1. The zero-order chi connectivity index (χ0) is 19.8. The van der Waals surface area contributed by atoms with Crippen molar-refractivity contribution in [3.63, 3.8) is 0 Å². The first-order valence-corrected chi connectivity index (χ1v) is 9.81. The average Bonchev–Trinajstić information content (AvgIpc) is 3.11. The van der Waals surface area contributed by atoms with E-state index in [1.807, 2.05) is 24.4 Å². The molecule has 0 bridgehead atoms. The Bertz CT molecular complexity index is 1390. The van der Waals surface area contributed by atoms with Crippen molar-refractivity contribution < 1.29 is 0 Å². The molecule has 1 N–H and O–H groups in total. The number of nitrogens with zero attached hydrogens (tertiary/aromatic N) is 3. The number of nitrogens with one attached hydrogen (secondary N) is 1. The molecule has 1 aromatic heterocycles. The van der Waals surface area contributed by atoms with Gasteiger partial charge < -0.3 is 0 Å². The van der Waals surface area contributed by atoms with Crippen LogP contribution in [0.4, 0.5) is 0 Å². The van der Waals surface area contributed by atoms with Gasteiger partial charge in [0.2, 0.25) is 4.77 Å². The van der Waals surface area contributed by atoms with Crippen LogP contribution in [0.2, 0.25) is 0 Å². The summed E-state index contributed by atoms with van der Waals surface area (Å²) in [6.45, 7) is 2.05. The van der Waals surface area contributed by atoms with Crippen molar-refractivity contribution in [3.8, 4) is 11.4 Å². The minimum Gasteiger partial charge on any atom is -0.250 e. The molecule has 0 aliphatic rings. The lowest BCUT2D eigenvalue weighted by molar-refractivity contribution is 0.871. The van der Waals surface area contributed by atoms with Crippen LogP contribution < -0.4 is 0 Å². The molecule has 0 unspecified atom stereocenters. The minimum atomic E-state index is 0.462. The first-order valence-electron chi connectivity index (χ1n) is 9.40. The summed E-state index contributed by atoms with van der Waals surface area (Å²) < 4.78 is 2.15. The minimum absolute atomic E-state index is 0.462. The lowest BCUT2D eigenvalue weighted by Gasteiger charge is -2.08. The first-order chi connectivity index (χ1) is 14.2. The van der Waals surface area contributed by atoms with Gasteiger partial charge in [-0.15, -0.1) is 0 Å². The van der Waals surface area contributed by atoms with Crippen molar-refractivity contribution >= 4 is 40.0 Å². The zero-order valence-corrected chi connectivity index (χ0v) is 16.6. The van der Waals surface area contributed by atoms with E-state index in [0.717, 1.165) is 27.5 Å². The van der Waals surface area contributed by atoms with Crippen molar-refractivity contribution in [2.75, 3.05) is 0 Å². The molecule has 0 aliphatic heterocycles. The standard InChI is InChI=1S/C24H18N4S/c1-16-8-2-5-11-19(16)23-26-27-24(29)28(23)25-15-22-20-12-6-3-9-17(20)14-18-10-4-7-13-21(18)22/h2-15H,1H3,(H,27,29)/b25-15-. The summed E-state index contributed by atoms with van der Waals surface area (Å²) in [6.07, 6.45) is 1.89. The van der Waals surface area contributed by atoms with Gasteiger partial charge in [-0.25, -0.2) is 5.10 Å². The third-order valence-electron chi connectivity index (χ3n) is 5.15. The van der Waals surface area contributed by atoms with Crippen LogP contribution in [0, 0.1) is 11.7 Å². The molecule has 5 aromatic rings. The van der Waals surface area contributed by atoms with Crippen LogP contribution >= 0.6 is 12.2 Å². The fourth-order valence-corrected chi connectivity index (χ4v) is 3.88. The van der Waals surface area contributed by atoms with E-state index in [9.17, 15) is 0 Å². The number of rotatable bonds is 3. The van der Waals surface area contributed by atoms with Crippen LogP contribution in [0.3, 0.4) is 0 Å². The lowest BCUT2D eigenvalue weighted by Crippen LogP contribution is -1.97. The maximum absolute atomic E-state index is 5.45. The van der Waals surface area contributed by atoms with Crippen molar-refractivity contribution in [1.29, 1.82) is 0 Å². The Morgan fingerprint density at radius 2 is 1.52 bits per heavy atom. The quantitative estimate of drug-likeness (QED) is 0.228. The van der Waals surface area contributed by atoms with E-state index < -0.39 is 0 Å². The second-order valence-electron chi connectivity index (χ2n) is 6.96. The SMILES string of the molecule is Cc1ccccc1-c1n[nH]c(=S)n1/N=C\c1c2ccccc2cc2ccccc12. The van der Waals surface area contributed by atoms with Gasteiger partial charge in [0.15, 0.2) is 5.82 Å². The molecule has 140 valence electrons. The molecule has 0 spiro atoms. The van der Waals surface area contributed by atoms with Gasteiger partial charge in [0.05, 0.1) is 6.21 Å². The average molecular weight is 395 g/mol. The first kappa shape index (κ1) is 17.5. The molecule has 5 heteroatoms. The number of fused-ring (bicyclic) bond motifs is 2. The van der Waals surface area contributed by atoms with Crippen molar-refractivity contribution in [2.45, 2.75) is 6.92 Å². The van der Waals surface area contributed by atoms with E-state index in [1.54, 1.807) is 4.68 Å². The number of hydrogen-bond donors (Lipinski definition) is 1. The van der Waals surface area contributed by atoms with Crippen molar-refractivity contribution in [2.24, 2.45) is 5.10 Å². The van der Waals surface area contributed by atoms with Crippen LogP contribution in [-0.2, 0) is 0 Å². The Morgan fingerprint density at radius 3 is 2.21 bits per heavy atom. The highest BCUT2D eigenvalue weighted by Gasteiger charge is 2.11. The molecule has 0 amide bonds. The molecule has 4 nitrogen and oxygen atoms in total. The smallest absolute Gasteiger partial charge is 0.216 e. The van der Waals surface area contributed by atoms with E-state index >= 15 is 0 Å². The fraction of sp³-hybridized carbons (Fsp3) is 0.0417. The zero-order valence-electron chi connectivity index (χ0n) is 15.8. The molecular weight excluding hydrogens is 376 g/mol. The lowest BCUT2D eigenvalue weighted by atomic mass is 9.97. The summed E-state index contributed by atoms with van der Waals surface area (Å²) in [4.78, 5) is 0. The predicted molar refractivity (Wildman–Crippen MR) is 122 cm³/mol. The van der Waals surface area contributed by atoms with Gasteiger partial charge in [0.25, 0.3) is 0 Å². The molecule has 0 atom stereocenters. The number of aromatic nitrogens is 3. The van der Waals surface area contributed by atoms with E-state index in [2.05, 4.69) is 77.8 Å². The monoisotopic (exact) mass is 394 g/mol. The molecular formula is C24H18N4S. The molecule has 29 heavy (non-hydrogen) atoms. The summed E-state index contributed by atoms with van der Waals surface area (Å²) in [6, 6.07) is 27.0. The molecule has 0 radical (unpaired) electrons. The third kappa shape index (κ3) is 3.05. The van der Waals surface area contributed by atoms with E-state index in [4.69, 9.17) is 17.3 Å². The van der Waals surface area contributed by atoms with Crippen LogP contribution in [0.25, 0.3) is 32.9 Å². The number of hydrogen-bond acceptors (Lipinski definition) is 3. The van der Waals surface area contributed by atoms with Gasteiger partial charge >= 0.3 is 0 Å². The number of benzene rings is 4. The Morgan fingerprint density at radius 1 is 0.897 bits per heavy atom. The van der Waals surface area contributed by atoms with Crippen molar-refractivity contribution in [1.82, 2.24) is 14.9 Å². The molecule has 0 saturated carbocycles. The Labute approximate surface area is 173 Å². The molecule has 5 rings (SSSR count). The predicted octanol–water partition coefficient (Wildman–Crippen LogP) is 6.10. The second kappa shape index (κ2) is 7.11. The highest BCUT2D eigenvalue weighted by atomic mass is 32.1. The topological polar surface area (TPSA) is 46.0 Å². The summed E-state index contributed by atoms with van der Waals surface area (Å²) in [5.41, 5.74) is 3.19.